The van der Waals surface area contributed by atoms with E-state index in [2.05, 4.69) is 10.4 Å². The van der Waals surface area contributed by atoms with Gasteiger partial charge in [0.2, 0.25) is 5.95 Å². The van der Waals surface area contributed by atoms with Crippen molar-refractivity contribution < 1.29 is 22.7 Å². The molecule has 0 aliphatic rings. The van der Waals surface area contributed by atoms with Gasteiger partial charge in [-0.2, -0.15) is 17.9 Å². The minimum atomic E-state index is -4.53. The summed E-state index contributed by atoms with van der Waals surface area (Å²) in [5.41, 5.74) is -0.610. The van der Waals surface area contributed by atoms with Crippen molar-refractivity contribution in [2.24, 2.45) is 7.05 Å². The molecule has 0 amide bonds. The van der Waals surface area contributed by atoms with Crippen molar-refractivity contribution in [2.45, 2.75) is 13.1 Å². The number of nitrogens with one attached hydrogen (secondary N) is 1. The van der Waals surface area contributed by atoms with E-state index >= 15 is 0 Å². The van der Waals surface area contributed by atoms with Crippen LogP contribution >= 0.6 is 0 Å². The van der Waals surface area contributed by atoms with Crippen LogP contribution in [0.4, 0.5) is 24.8 Å². The Kier molecular flexibility index (Phi) is 5.44. The van der Waals surface area contributed by atoms with Crippen molar-refractivity contribution in [3.63, 3.8) is 0 Å². The average molecular weight is 406 g/mol. The molecule has 1 N–H and O–H groups in total. The van der Waals surface area contributed by atoms with Gasteiger partial charge in [-0.15, -0.1) is 5.10 Å². The van der Waals surface area contributed by atoms with Gasteiger partial charge in [-0.05, 0) is 49.4 Å². The van der Waals surface area contributed by atoms with Gasteiger partial charge in [0.25, 0.3) is 0 Å². The number of ether oxygens (including phenoxy) is 1. The summed E-state index contributed by atoms with van der Waals surface area (Å²) in [7, 11) is 1.44. The van der Waals surface area contributed by atoms with Crippen LogP contribution in [0.1, 0.15) is 22.8 Å². The zero-order valence-corrected chi connectivity index (χ0v) is 15.5. The number of alkyl halides is 3. The molecule has 10 heteroatoms. The van der Waals surface area contributed by atoms with Crippen LogP contribution in [0.3, 0.4) is 0 Å². The molecule has 0 aliphatic carbocycles. The number of aromatic nitrogens is 3. The lowest BCUT2D eigenvalue weighted by Crippen LogP contribution is -2.22. The standard InChI is InChI=1S/C19H17F3N4O3/c1-3-29-16(27)12-7-9-14(10-8-12)23-17-24-26(18(28)25(17)2)15-6-4-5-13(11-15)19(20,21)22/h4-11H,3H2,1-2H3,(H,23,24). The summed E-state index contributed by atoms with van der Waals surface area (Å²) in [4.78, 5) is 24.1. The summed E-state index contributed by atoms with van der Waals surface area (Å²) in [6.45, 7) is 1.96. The Bertz CT molecular complexity index is 1090. The molecule has 0 bridgehead atoms. The van der Waals surface area contributed by atoms with E-state index in [0.29, 0.717) is 11.3 Å². The van der Waals surface area contributed by atoms with E-state index in [9.17, 15) is 22.8 Å². The van der Waals surface area contributed by atoms with Gasteiger partial charge in [-0.1, -0.05) is 6.07 Å². The first-order chi connectivity index (χ1) is 13.7. The van der Waals surface area contributed by atoms with Gasteiger partial charge >= 0.3 is 17.8 Å². The number of halogens is 3. The van der Waals surface area contributed by atoms with Gasteiger partial charge in [-0.3, -0.25) is 4.57 Å². The molecular formula is C19H17F3N4O3. The Balaban J connectivity index is 1.88. The second kappa shape index (κ2) is 7.82. The SMILES string of the molecule is CCOC(=O)c1ccc(Nc2nn(-c3cccc(C(F)(F)F)c3)c(=O)n2C)cc1. The molecule has 2 aromatic carbocycles. The highest BCUT2D eigenvalue weighted by molar-refractivity contribution is 5.89. The largest absolute Gasteiger partial charge is 0.462 e. The van der Waals surface area contributed by atoms with E-state index in [1.165, 1.54) is 23.7 Å². The fourth-order valence-electron chi connectivity index (χ4n) is 2.56. The lowest BCUT2D eigenvalue weighted by Gasteiger charge is -2.08. The molecule has 0 saturated heterocycles. The predicted octanol–water partition coefficient (Wildman–Crippen LogP) is 3.51. The highest BCUT2D eigenvalue weighted by Crippen LogP contribution is 2.30. The van der Waals surface area contributed by atoms with Crippen LogP contribution in [0.5, 0.6) is 0 Å². The number of benzene rings is 2. The molecular weight excluding hydrogens is 389 g/mol. The van der Waals surface area contributed by atoms with Gasteiger partial charge in [0.05, 0.1) is 23.4 Å². The smallest absolute Gasteiger partial charge is 0.416 e. The van der Waals surface area contributed by atoms with Crippen molar-refractivity contribution in [1.29, 1.82) is 0 Å². The fourth-order valence-corrected chi connectivity index (χ4v) is 2.56. The van der Waals surface area contributed by atoms with Gasteiger partial charge in [0, 0.05) is 12.7 Å². The van der Waals surface area contributed by atoms with Crippen molar-refractivity contribution >= 4 is 17.6 Å². The first-order valence-electron chi connectivity index (χ1n) is 8.58. The Morgan fingerprint density at radius 3 is 2.48 bits per heavy atom. The van der Waals surface area contributed by atoms with Crippen molar-refractivity contribution in [2.75, 3.05) is 11.9 Å². The quantitative estimate of drug-likeness (QED) is 0.656. The summed E-state index contributed by atoms with van der Waals surface area (Å²) in [6.07, 6.45) is -4.53. The highest BCUT2D eigenvalue weighted by atomic mass is 19.4. The molecule has 152 valence electrons. The average Bonchev–Trinajstić information content (AvgIpc) is 2.97. The maximum absolute atomic E-state index is 12.9. The minimum Gasteiger partial charge on any atom is -0.462 e. The number of nitrogens with zero attached hydrogens (tertiary/aromatic N) is 3. The molecule has 3 rings (SSSR count). The third kappa shape index (κ3) is 4.31. The number of carbonyl (C=O) groups is 1. The number of hydrogen-bond acceptors (Lipinski definition) is 5. The molecule has 0 spiro atoms. The number of carbonyl (C=O) groups excluding carboxylic acids is 1. The zero-order valence-electron chi connectivity index (χ0n) is 15.5. The van der Waals surface area contributed by atoms with Crippen LogP contribution in [0.25, 0.3) is 5.69 Å². The van der Waals surface area contributed by atoms with E-state index in [-0.39, 0.29) is 18.2 Å². The fraction of sp³-hybridized carbons (Fsp3) is 0.211. The van der Waals surface area contributed by atoms with E-state index < -0.39 is 23.4 Å². The Hall–Kier alpha value is -3.56. The molecule has 0 atom stereocenters. The summed E-state index contributed by atoms with van der Waals surface area (Å²) in [5.74, 6) is -0.337. The van der Waals surface area contributed by atoms with Crippen LogP contribution < -0.4 is 11.0 Å². The predicted molar refractivity (Wildman–Crippen MR) is 99.5 cm³/mol. The van der Waals surface area contributed by atoms with Crippen molar-refractivity contribution in [1.82, 2.24) is 14.3 Å². The van der Waals surface area contributed by atoms with Crippen LogP contribution in [-0.2, 0) is 18.0 Å². The highest BCUT2D eigenvalue weighted by Gasteiger charge is 2.30. The van der Waals surface area contributed by atoms with Gasteiger partial charge in [0.15, 0.2) is 0 Å². The lowest BCUT2D eigenvalue weighted by molar-refractivity contribution is -0.137. The Morgan fingerprint density at radius 2 is 1.86 bits per heavy atom. The monoisotopic (exact) mass is 406 g/mol. The first kappa shape index (κ1) is 20.2. The number of anilines is 2. The third-order valence-electron chi connectivity index (χ3n) is 4.05. The second-order valence-corrected chi connectivity index (χ2v) is 6.05. The van der Waals surface area contributed by atoms with Gasteiger partial charge in [-0.25, -0.2) is 9.59 Å². The van der Waals surface area contributed by atoms with Crippen molar-refractivity contribution in [3.8, 4) is 5.69 Å². The number of rotatable bonds is 5. The summed E-state index contributed by atoms with van der Waals surface area (Å²) < 4.78 is 45.8. The Morgan fingerprint density at radius 1 is 1.17 bits per heavy atom. The topological polar surface area (TPSA) is 78.2 Å². The second-order valence-electron chi connectivity index (χ2n) is 6.05. The normalized spacial score (nSPS) is 11.3. The first-order valence-corrected chi connectivity index (χ1v) is 8.58. The van der Waals surface area contributed by atoms with Crippen LogP contribution in [0, 0.1) is 0 Å². The minimum absolute atomic E-state index is 0.00821. The molecule has 1 aromatic heterocycles. The van der Waals surface area contributed by atoms with Gasteiger partial charge in [0.1, 0.15) is 0 Å². The molecule has 0 aliphatic heterocycles. The zero-order chi connectivity index (χ0) is 21.2. The van der Waals surface area contributed by atoms with Crippen molar-refractivity contribution in [3.05, 3.63) is 70.1 Å². The molecule has 0 saturated carbocycles. The van der Waals surface area contributed by atoms with Crippen LogP contribution in [0.2, 0.25) is 0 Å². The maximum atomic E-state index is 12.9. The van der Waals surface area contributed by atoms with E-state index in [0.717, 1.165) is 16.8 Å². The number of esters is 1. The third-order valence-corrected chi connectivity index (χ3v) is 4.05. The van der Waals surface area contributed by atoms with E-state index in [1.54, 1.807) is 31.2 Å². The van der Waals surface area contributed by atoms with E-state index in [1.807, 2.05) is 0 Å². The number of hydrogen-bond donors (Lipinski definition) is 1. The van der Waals surface area contributed by atoms with Crippen LogP contribution in [-0.4, -0.2) is 26.9 Å². The Labute approximate surface area is 163 Å². The maximum Gasteiger partial charge on any atom is 0.416 e. The molecule has 7 nitrogen and oxygen atoms in total. The molecule has 0 radical (unpaired) electrons. The molecule has 1 heterocycles. The lowest BCUT2D eigenvalue weighted by atomic mass is 10.2. The summed E-state index contributed by atoms with van der Waals surface area (Å²) in [6, 6.07) is 10.6. The molecule has 0 unspecified atom stereocenters. The molecule has 29 heavy (non-hydrogen) atoms. The van der Waals surface area contributed by atoms with E-state index in [4.69, 9.17) is 4.74 Å². The van der Waals surface area contributed by atoms with Gasteiger partial charge < -0.3 is 10.1 Å². The van der Waals surface area contributed by atoms with Crippen LogP contribution in [0.15, 0.2) is 53.3 Å². The summed E-state index contributed by atoms with van der Waals surface area (Å²) >= 11 is 0. The molecule has 3 aromatic rings. The summed E-state index contributed by atoms with van der Waals surface area (Å²) in [5, 5.41) is 6.98. The molecule has 0 fully saturated rings.